The summed E-state index contributed by atoms with van der Waals surface area (Å²) in [5.41, 5.74) is 0. The lowest BCUT2D eigenvalue weighted by atomic mass is 10.1. The zero-order chi connectivity index (χ0) is 14.3. The highest BCUT2D eigenvalue weighted by atomic mass is 16.5. The van der Waals surface area contributed by atoms with Gasteiger partial charge in [0.05, 0.1) is 12.5 Å². The molecule has 0 aromatic carbocycles. The Bertz CT molecular complexity index is 338. The van der Waals surface area contributed by atoms with E-state index in [2.05, 4.69) is 5.32 Å². The molecule has 8 heteroatoms. The number of ether oxygens (including phenoxy) is 1. The monoisotopic (exact) mass is 274 g/mol. The van der Waals surface area contributed by atoms with E-state index in [0.29, 0.717) is 25.9 Å². The molecular weight excluding hydrogens is 256 g/mol. The number of hydrogen-bond donors (Lipinski definition) is 3. The number of carbonyl (C=O) groups excluding carboxylic acids is 1. The van der Waals surface area contributed by atoms with E-state index in [4.69, 9.17) is 14.9 Å². The predicted octanol–water partition coefficient (Wildman–Crippen LogP) is -0.264. The lowest BCUT2D eigenvalue weighted by Crippen LogP contribution is -2.46. The Hall–Kier alpha value is -1.83. The third-order valence-electron chi connectivity index (χ3n) is 2.79. The van der Waals surface area contributed by atoms with Crippen LogP contribution in [0.15, 0.2) is 0 Å². The van der Waals surface area contributed by atoms with Crippen LogP contribution < -0.4 is 5.32 Å². The number of carboxylic acid groups (broad SMARTS) is 2. The average molecular weight is 274 g/mol. The normalized spacial score (nSPS) is 16.1. The Kier molecular flexibility index (Phi) is 6.07. The van der Waals surface area contributed by atoms with Gasteiger partial charge in [0.1, 0.15) is 6.61 Å². The summed E-state index contributed by atoms with van der Waals surface area (Å²) in [5, 5.41) is 19.4. The number of nitrogens with zero attached hydrogens (tertiary/aromatic N) is 1. The third kappa shape index (κ3) is 6.05. The van der Waals surface area contributed by atoms with Crippen LogP contribution in [0.2, 0.25) is 0 Å². The fraction of sp³-hybridized carbons (Fsp3) is 0.727. The Morgan fingerprint density at radius 3 is 2.32 bits per heavy atom. The largest absolute Gasteiger partial charge is 0.481 e. The summed E-state index contributed by atoms with van der Waals surface area (Å²) in [6.07, 6.45) is 0.919. The van der Waals surface area contributed by atoms with Gasteiger partial charge in [-0.1, -0.05) is 0 Å². The number of carboxylic acids is 2. The summed E-state index contributed by atoms with van der Waals surface area (Å²) in [6, 6.07) is -0.294. The van der Waals surface area contributed by atoms with Gasteiger partial charge >= 0.3 is 18.0 Å². The van der Waals surface area contributed by atoms with Crippen molar-refractivity contribution in [2.24, 2.45) is 0 Å². The SMILES string of the molecule is O=C(O)CCNC(=O)N1CCC(OCC(=O)O)CC1. The van der Waals surface area contributed by atoms with Crippen molar-refractivity contribution in [1.29, 1.82) is 0 Å². The van der Waals surface area contributed by atoms with Crippen molar-refractivity contribution in [2.75, 3.05) is 26.2 Å². The van der Waals surface area contributed by atoms with Crippen molar-refractivity contribution in [3.05, 3.63) is 0 Å². The lowest BCUT2D eigenvalue weighted by molar-refractivity contribution is -0.145. The van der Waals surface area contributed by atoms with Crippen molar-refractivity contribution in [1.82, 2.24) is 10.2 Å². The first-order valence-electron chi connectivity index (χ1n) is 6.07. The van der Waals surface area contributed by atoms with Crippen LogP contribution in [0.3, 0.4) is 0 Å². The molecule has 8 nitrogen and oxygen atoms in total. The standard InChI is InChI=1S/C11H18N2O6/c14-9(15)1-4-12-11(18)13-5-2-8(3-6-13)19-7-10(16)17/h8H,1-7H2,(H,12,18)(H,14,15)(H,16,17). The molecule has 3 N–H and O–H groups in total. The van der Waals surface area contributed by atoms with Crippen LogP contribution in [0, 0.1) is 0 Å². The zero-order valence-corrected chi connectivity index (χ0v) is 10.5. The van der Waals surface area contributed by atoms with Crippen LogP contribution in [0.5, 0.6) is 0 Å². The maximum absolute atomic E-state index is 11.6. The highest BCUT2D eigenvalue weighted by Crippen LogP contribution is 2.13. The summed E-state index contributed by atoms with van der Waals surface area (Å²) in [5.74, 6) is -1.96. The minimum Gasteiger partial charge on any atom is -0.481 e. The zero-order valence-electron chi connectivity index (χ0n) is 10.5. The van der Waals surface area contributed by atoms with E-state index in [0.717, 1.165) is 0 Å². The molecule has 0 aromatic rings. The quantitative estimate of drug-likeness (QED) is 0.614. The molecule has 1 saturated heterocycles. The van der Waals surface area contributed by atoms with E-state index in [1.54, 1.807) is 4.90 Å². The number of rotatable bonds is 6. The minimum absolute atomic E-state index is 0.101. The number of amides is 2. The van der Waals surface area contributed by atoms with Gasteiger partial charge in [-0.15, -0.1) is 0 Å². The minimum atomic E-state index is -1.01. The van der Waals surface area contributed by atoms with E-state index in [-0.39, 0.29) is 31.7 Å². The second-order valence-corrected chi connectivity index (χ2v) is 4.27. The topological polar surface area (TPSA) is 116 Å². The Labute approximate surface area is 110 Å². The molecule has 0 radical (unpaired) electrons. The fourth-order valence-corrected chi connectivity index (χ4v) is 1.80. The first-order valence-corrected chi connectivity index (χ1v) is 6.07. The maximum Gasteiger partial charge on any atom is 0.329 e. The maximum atomic E-state index is 11.6. The number of piperidine rings is 1. The van der Waals surface area contributed by atoms with E-state index >= 15 is 0 Å². The molecule has 108 valence electrons. The number of nitrogens with one attached hydrogen (secondary N) is 1. The molecule has 0 saturated carbocycles. The number of hydrogen-bond acceptors (Lipinski definition) is 4. The molecule has 2 amide bonds. The van der Waals surface area contributed by atoms with Gasteiger partial charge < -0.3 is 25.2 Å². The van der Waals surface area contributed by atoms with Gasteiger partial charge in [-0.3, -0.25) is 4.79 Å². The number of urea groups is 1. The molecule has 1 aliphatic heterocycles. The van der Waals surface area contributed by atoms with Crippen molar-refractivity contribution < 1.29 is 29.3 Å². The van der Waals surface area contributed by atoms with Gasteiger partial charge in [0, 0.05) is 19.6 Å². The molecule has 0 unspecified atom stereocenters. The first-order chi connectivity index (χ1) is 8.99. The molecule has 1 rings (SSSR count). The second kappa shape index (κ2) is 7.57. The van der Waals surface area contributed by atoms with Crippen molar-refractivity contribution in [3.63, 3.8) is 0 Å². The van der Waals surface area contributed by atoms with Crippen LogP contribution in [0.1, 0.15) is 19.3 Å². The molecule has 0 aliphatic carbocycles. The lowest BCUT2D eigenvalue weighted by Gasteiger charge is -2.31. The molecule has 19 heavy (non-hydrogen) atoms. The summed E-state index contributed by atoms with van der Waals surface area (Å²) in [4.78, 5) is 33.8. The summed E-state index contributed by atoms with van der Waals surface area (Å²) in [7, 11) is 0. The van der Waals surface area contributed by atoms with Crippen molar-refractivity contribution >= 4 is 18.0 Å². The molecule has 1 heterocycles. The third-order valence-corrected chi connectivity index (χ3v) is 2.79. The molecular formula is C11H18N2O6. The summed E-state index contributed by atoms with van der Waals surface area (Å²) < 4.78 is 5.15. The molecule has 1 aliphatic rings. The smallest absolute Gasteiger partial charge is 0.329 e. The van der Waals surface area contributed by atoms with Gasteiger partial charge in [-0.05, 0) is 12.8 Å². The number of carbonyl (C=O) groups is 3. The van der Waals surface area contributed by atoms with Gasteiger partial charge in [-0.25, -0.2) is 9.59 Å². The highest BCUT2D eigenvalue weighted by molar-refractivity contribution is 5.75. The average Bonchev–Trinajstić information content (AvgIpc) is 2.36. The van der Waals surface area contributed by atoms with E-state index < -0.39 is 11.9 Å². The van der Waals surface area contributed by atoms with E-state index in [1.807, 2.05) is 0 Å². The van der Waals surface area contributed by atoms with E-state index in [9.17, 15) is 14.4 Å². The van der Waals surface area contributed by atoms with Crippen LogP contribution in [0.4, 0.5) is 4.79 Å². The fourth-order valence-electron chi connectivity index (χ4n) is 1.80. The van der Waals surface area contributed by atoms with E-state index in [1.165, 1.54) is 0 Å². The Morgan fingerprint density at radius 2 is 1.79 bits per heavy atom. The number of aliphatic carboxylic acids is 2. The Morgan fingerprint density at radius 1 is 1.16 bits per heavy atom. The number of likely N-dealkylation sites (tertiary alicyclic amines) is 1. The van der Waals surface area contributed by atoms with Crippen LogP contribution in [-0.4, -0.2) is 65.4 Å². The van der Waals surface area contributed by atoms with Gasteiger partial charge in [0.25, 0.3) is 0 Å². The molecule has 1 fully saturated rings. The highest BCUT2D eigenvalue weighted by Gasteiger charge is 2.23. The van der Waals surface area contributed by atoms with Crippen molar-refractivity contribution in [3.8, 4) is 0 Å². The van der Waals surface area contributed by atoms with Crippen LogP contribution >= 0.6 is 0 Å². The molecule has 0 bridgehead atoms. The molecule has 0 aromatic heterocycles. The molecule has 0 atom stereocenters. The van der Waals surface area contributed by atoms with Crippen LogP contribution in [0.25, 0.3) is 0 Å². The molecule has 0 spiro atoms. The van der Waals surface area contributed by atoms with Crippen molar-refractivity contribution in [2.45, 2.75) is 25.4 Å². The first kappa shape index (κ1) is 15.2. The van der Waals surface area contributed by atoms with Crippen LogP contribution in [-0.2, 0) is 14.3 Å². The van der Waals surface area contributed by atoms with Gasteiger partial charge in [-0.2, -0.15) is 0 Å². The summed E-state index contributed by atoms with van der Waals surface area (Å²) in [6.45, 7) is 0.728. The van der Waals surface area contributed by atoms with Gasteiger partial charge in [0.15, 0.2) is 0 Å². The second-order valence-electron chi connectivity index (χ2n) is 4.27. The predicted molar refractivity (Wildman–Crippen MR) is 63.8 cm³/mol. The van der Waals surface area contributed by atoms with Gasteiger partial charge in [0.2, 0.25) is 0 Å². The Balaban J connectivity index is 2.19. The summed E-state index contributed by atoms with van der Waals surface area (Å²) >= 11 is 0.